The molecular weight excluding hydrogens is 306 g/mol. The van der Waals surface area contributed by atoms with Gasteiger partial charge in [-0.25, -0.2) is 0 Å². The summed E-state index contributed by atoms with van der Waals surface area (Å²) in [7, 11) is 0. The molecule has 0 saturated carbocycles. The van der Waals surface area contributed by atoms with Gasteiger partial charge in [0, 0.05) is 33.3 Å². The molecule has 0 unspecified atom stereocenters. The van der Waals surface area contributed by atoms with Crippen LogP contribution in [-0.2, 0) is 25.9 Å². The summed E-state index contributed by atoms with van der Waals surface area (Å²) >= 11 is 0. The molecule has 0 aromatic carbocycles. The number of anilines is 1. The first-order chi connectivity index (χ1) is 4.29. The predicted octanol–water partition coefficient (Wildman–Crippen LogP) is 0.0255. The van der Waals surface area contributed by atoms with Gasteiger partial charge in [-0.15, -0.1) is 5.10 Å². The molecule has 0 saturated heterocycles. The van der Waals surface area contributed by atoms with Gasteiger partial charge in [-0.2, -0.15) is 0 Å². The van der Waals surface area contributed by atoms with Crippen LogP contribution in [0, 0.1) is 0 Å². The maximum atomic E-state index is 10.3. The summed E-state index contributed by atoms with van der Waals surface area (Å²) in [5.74, 6) is 0.0658. The van der Waals surface area contributed by atoms with Gasteiger partial charge in [-0.05, 0) is 0 Å². The van der Waals surface area contributed by atoms with Crippen LogP contribution in [0.4, 0.5) is 5.88 Å². The zero-order chi connectivity index (χ0) is 6.69. The molecule has 0 fully saturated rings. The van der Waals surface area contributed by atoms with Crippen molar-refractivity contribution in [1.82, 2.24) is 10.4 Å². The molecule has 1 amide bonds. The summed E-state index contributed by atoms with van der Waals surface area (Å²) in [6.07, 6.45) is 1.32. The first kappa shape index (κ1) is 9.30. The fraction of sp³-hybridized carbons (Fsp3) is 0.250. The van der Waals surface area contributed by atoms with Crippen LogP contribution < -0.4 is 5.32 Å². The van der Waals surface area contributed by atoms with Crippen molar-refractivity contribution >= 4 is 11.8 Å². The molecule has 5 nitrogen and oxygen atoms in total. The molecule has 54 valence electrons. The first-order valence-corrected chi connectivity index (χ1v) is 2.34. The molecule has 1 N–H and O–H groups in total. The van der Waals surface area contributed by atoms with Crippen LogP contribution in [0.1, 0.15) is 6.92 Å². The first-order valence-electron chi connectivity index (χ1n) is 2.34. The van der Waals surface area contributed by atoms with Crippen LogP contribution in [-0.4, -0.2) is 16.3 Å². The SMILES string of the molecule is CC(=O)Nc1cnno1.[W]. The van der Waals surface area contributed by atoms with Gasteiger partial charge in [0.25, 0.3) is 5.88 Å². The Bertz CT molecular complexity index is 198. The Labute approximate surface area is 71.4 Å². The minimum absolute atomic E-state index is 0. The number of nitrogens with zero attached hydrogens (tertiary/aromatic N) is 2. The Morgan fingerprint density at radius 3 is 2.90 bits per heavy atom. The smallest absolute Gasteiger partial charge is 0.251 e. The number of hydrogen-bond acceptors (Lipinski definition) is 4. The number of rotatable bonds is 1. The van der Waals surface area contributed by atoms with Gasteiger partial charge in [-0.1, -0.05) is 0 Å². The van der Waals surface area contributed by atoms with Crippen LogP contribution in [0.3, 0.4) is 0 Å². The van der Waals surface area contributed by atoms with Crippen LogP contribution >= 0.6 is 0 Å². The summed E-state index contributed by atoms with van der Waals surface area (Å²) in [4.78, 5) is 10.3. The standard InChI is InChI=1S/C4H5N3O2.W/c1-3(8)6-4-2-5-7-9-4;/h2H,1H3,(H,6,8);. The van der Waals surface area contributed by atoms with E-state index < -0.39 is 0 Å². The summed E-state index contributed by atoms with van der Waals surface area (Å²) < 4.78 is 4.45. The van der Waals surface area contributed by atoms with Crippen LogP contribution in [0.5, 0.6) is 0 Å². The van der Waals surface area contributed by atoms with Crippen molar-refractivity contribution in [2.75, 3.05) is 5.32 Å². The minimum Gasteiger partial charge on any atom is -0.319 e. The fourth-order valence-corrected chi connectivity index (χ4v) is 0.396. The average Bonchev–Trinajstić information content (AvgIpc) is 2.15. The number of hydrogen-bond donors (Lipinski definition) is 1. The molecule has 0 aliphatic rings. The molecule has 0 radical (unpaired) electrons. The number of amides is 1. The van der Waals surface area contributed by atoms with E-state index in [2.05, 4.69) is 20.2 Å². The third-order valence-electron chi connectivity index (χ3n) is 0.661. The van der Waals surface area contributed by atoms with Crippen LogP contribution in [0.25, 0.3) is 0 Å². The van der Waals surface area contributed by atoms with Crippen molar-refractivity contribution in [3.8, 4) is 0 Å². The van der Waals surface area contributed by atoms with Gasteiger partial charge < -0.3 is 4.52 Å². The van der Waals surface area contributed by atoms with E-state index in [1.165, 1.54) is 13.1 Å². The quantitative estimate of drug-likeness (QED) is 0.794. The monoisotopic (exact) mass is 311 g/mol. The van der Waals surface area contributed by atoms with Gasteiger partial charge in [0.2, 0.25) is 5.91 Å². The largest absolute Gasteiger partial charge is 0.319 e. The van der Waals surface area contributed by atoms with E-state index in [9.17, 15) is 4.79 Å². The van der Waals surface area contributed by atoms with E-state index in [1.54, 1.807) is 0 Å². The average molecular weight is 311 g/mol. The van der Waals surface area contributed by atoms with Crippen molar-refractivity contribution in [1.29, 1.82) is 0 Å². The Kier molecular flexibility index (Phi) is 3.88. The van der Waals surface area contributed by atoms with Crippen molar-refractivity contribution in [2.45, 2.75) is 6.92 Å². The number of carbonyl (C=O) groups excluding carboxylic acids is 1. The Balaban J connectivity index is 0.000000810. The molecule has 6 heteroatoms. The minimum atomic E-state index is -0.200. The van der Waals surface area contributed by atoms with Gasteiger partial charge in [-0.3, -0.25) is 10.1 Å². The van der Waals surface area contributed by atoms with Crippen molar-refractivity contribution < 1.29 is 30.4 Å². The van der Waals surface area contributed by atoms with E-state index in [-0.39, 0.29) is 32.9 Å². The predicted molar refractivity (Wildman–Crippen MR) is 28.6 cm³/mol. The van der Waals surface area contributed by atoms with E-state index >= 15 is 0 Å². The van der Waals surface area contributed by atoms with Crippen molar-refractivity contribution in [2.24, 2.45) is 0 Å². The van der Waals surface area contributed by atoms with Gasteiger partial charge in [0.1, 0.15) is 6.20 Å². The zero-order valence-corrected chi connectivity index (χ0v) is 8.13. The summed E-state index contributed by atoms with van der Waals surface area (Å²) in [5, 5.41) is 8.83. The Hall–Kier alpha value is -0.702. The molecule has 1 rings (SSSR count). The van der Waals surface area contributed by atoms with E-state index in [0.29, 0.717) is 0 Å². The van der Waals surface area contributed by atoms with Gasteiger partial charge >= 0.3 is 0 Å². The molecule has 0 spiro atoms. The molecule has 10 heavy (non-hydrogen) atoms. The molecular formula is C4H5N3O2W. The second kappa shape index (κ2) is 4.17. The number of carbonyl (C=O) groups is 1. The van der Waals surface area contributed by atoms with E-state index in [0.717, 1.165) is 0 Å². The summed E-state index contributed by atoms with van der Waals surface area (Å²) in [5.41, 5.74) is 0. The molecule has 0 aliphatic carbocycles. The number of aromatic nitrogens is 2. The molecule has 0 atom stereocenters. The normalized spacial score (nSPS) is 8.10. The van der Waals surface area contributed by atoms with Gasteiger partial charge in [0.15, 0.2) is 0 Å². The second-order valence-electron chi connectivity index (χ2n) is 1.46. The number of nitrogens with one attached hydrogen (secondary N) is 1. The third kappa shape index (κ3) is 2.73. The fourth-order valence-electron chi connectivity index (χ4n) is 0.396. The van der Waals surface area contributed by atoms with E-state index in [1.807, 2.05) is 0 Å². The molecule has 1 aromatic heterocycles. The second-order valence-corrected chi connectivity index (χ2v) is 1.46. The van der Waals surface area contributed by atoms with Crippen LogP contribution in [0.15, 0.2) is 10.7 Å². The van der Waals surface area contributed by atoms with Crippen molar-refractivity contribution in [3.05, 3.63) is 6.20 Å². The summed E-state index contributed by atoms with van der Waals surface area (Å²) in [6, 6.07) is 0. The van der Waals surface area contributed by atoms with E-state index in [4.69, 9.17) is 0 Å². The molecule has 0 aliphatic heterocycles. The maximum absolute atomic E-state index is 10.3. The Morgan fingerprint density at radius 2 is 2.50 bits per heavy atom. The summed E-state index contributed by atoms with van der Waals surface area (Å²) in [6.45, 7) is 1.38. The maximum Gasteiger partial charge on any atom is 0.251 e. The van der Waals surface area contributed by atoms with Crippen LogP contribution in [0.2, 0.25) is 0 Å². The molecule has 1 aromatic rings. The molecule has 1 heterocycles. The van der Waals surface area contributed by atoms with Crippen molar-refractivity contribution in [3.63, 3.8) is 0 Å². The van der Waals surface area contributed by atoms with Gasteiger partial charge in [0.05, 0.1) is 0 Å². The molecule has 0 bridgehead atoms. The third-order valence-corrected chi connectivity index (χ3v) is 0.661. The zero-order valence-electron chi connectivity index (χ0n) is 5.20. The Morgan fingerprint density at radius 1 is 1.80 bits per heavy atom. The topological polar surface area (TPSA) is 68.0 Å².